The molecule has 1 unspecified atom stereocenters. The fourth-order valence-corrected chi connectivity index (χ4v) is 3.40. The predicted molar refractivity (Wildman–Crippen MR) is 88.2 cm³/mol. The Morgan fingerprint density at radius 3 is 2.81 bits per heavy atom. The number of anilines is 2. The van der Waals surface area contributed by atoms with Crippen LogP contribution in [0.5, 0.6) is 0 Å². The van der Waals surface area contributed by atoms with Crippen LogP contribution in [0.15, 0.2) is 24.3 Å². The second kappa shape index (κ2) is 7.14. The van der Waals surface area contributed by atoms with Crippen molar-refractivity contribution in [2.75, 3.05) is 63.2 Å². The zero-order valence-corrected chi connectivity index (χ0v) is 13.1. The third-order valence-electron chi connectivity index (χ3n) is 4.56. The number of nitrogens with zero attached hydrogens (tertiary/aromatic N) is 2. The van der Waals surface area contributed by atoms with Crippen molar-refractivity contribution in [2.24, 2.45) is 5.92 Å². The van der Waals surface area contributed by atoms with Gasteiger partial charge in [0, 0.05) is 26.2 Å². The molecule has 0 radical (unpaired) electrons. The van der Waals surface area contributed by atoms with Crippen LogP contribution in [-0.4, -0.2) is 57.9 Å². The SMILES string of the molecule is CN1CCCC(CNc2ccccc2N2CCOCC2)C1. The number of piperidine rings is 1. The van der Waals surface area contributed by atoms with Gasteiger partial charge in [-0.15, -0.1) is 0 Å². The van der Waals surface area contributed by atoms with Gasteiger partial charge in [0.15, 0.2) is 0 Å². The molecule has 0 bridgehead atoms. The fourth-order valence-electron chi connectivity index (χ4n) is 3.40. The van der Waals surface area contributed by atoms with E-state index in [9.17, 15) is 0 Å². The quantitative estimate of drug-likeness (QED) is 0.920. The summed E-state index contributed by atoms with van der Waals surface area (Å²) < 4.78 is 5.46. The summed E-state index contributed by atoms with van der Waals surface area (Å²) in [4.78, 5) is 4.88. The van der Waals surface area contributed by atoms with Crippen LogP contribution >= 0.6 is 0 Å². The van der Waals surface area contributed by atoms with Crippen molar-refractivity contribution in [3.8, 4) is 0 Å². The number of morpholine rings is 1. The number of rotatable bonds is 4. The molecule has 116 valence electrons. The van der Waals surface area contributed by atoms with Gasteiger partial charge in [0.05, 0.1) is 24.6 Å². The van der Waals surface area contributed by atoms with Crippen molar-refractivity contribution in [2.45, 2.75) is 12.8 Å². The Balaban J connectivity index is 1.62. The summed E-state index contributed by atoms with van der Waals surface area (Å²) in [5, 5.41) is 3.69. The largest absolute Gasteiger partial charge is 0.383 e. The van der Waals surface area contributed by atoms with Crippen LogP contribution in [0.2, 0.25) is 0 Å². The number of nitrogens with one attached hydrogen (secondary N) is 1. The van der Waals surface area contributed by atoms with Crippen molar-refractivity contribution in [1.82, 2.24) is 4.90 Å². The lowest BCUT2D eigenvalue weighted by molar-refractivity contribution is 0.123. The van der Waals surface area contributed by atoms with E-state index in [4.69, 9.17) is 4.74 Å². The number of hydrogen-bond donors (Lipinski definition) is 1. The molecule has 2 aliphatic rings. The van der Waals surface area contributed by atoms with Crippen molar-refractivity contribution < 1.29 is 4.74 Å². The first kappa shape index (κ1) is 14.7. The molecule has 4 nitrogen and oxygen atoms in total. The van der Waals surface area contributed by atoms with E-state index in [1.807, 2.05) is 0 Å². The van der Waals surface area contributed by atoms with Crippen LogP contribution in [0.25, 0.3) is 0 Å². The molecule has 3 rings (SSSR count). The van der Waals surface area contributed by atoms with E-state index in [-0.39, 0.29) is 0 Å². The topological polar surface area (TPSA) is 27.7 Å². The highest BCUT2D eigenvalue weighted by Crippen LogP contribution is 2.27. The summed E-state index contributed by atoms with van der Waals surface area (Å²) >= 11 is 0. The molecule has 2 fully saturated rings. The molecular weight excluding hydrogens is 262 g/mol. The molecule has 2 saturated heterocycles. The minimum absolute atomic E-state index is 0.765. The van der Waals surface area contributed by atoms with Crippen LogP contribution in [0.1, 0.15) is 12.8 Å². The maximum atomic E-state index is 5.46. The Labute approximate surface area is 128 Å². The zero-order chi connectivity index (χ0) is 14.5. The Bertz CT molecular complexity index is 445. The summed E-state index contributed by atoms with van der Waals surface area (Å²) in [5.41, 5.74) is 2.59. The second-order valence-electron chi connectivity index (χ2n) is 6.27. The van der Waals surface area contributed by atoms with Gasteiger partial charge in [-0.1, -0.05) is 12.1 Å². The van der Waals surface area contributed by atoms with Gasteiger partial charge in [0.1, 0.15) is 0 Å². The summed E-state index contributed by atoms with van der Waals surface area (Å²) in [6.45, 7) is 7.19. The first-order valence-electron chi connectivity index (χ1n) is 8.17. The van der Waals surface area contributed by atoms with Crippen molar-refractivity contribution in [1.29, 1.82) is 0 Å². The zero-order valence-electron chi connectivity index (χ0n) is 13.1. The predicted octanol–water partition coefficient (Wildman–Crippen LogP) is 2.28. The molecule has 21 heavy (non-hydrogen) atoms. The number of ether oxygens (including phenoxy) is 1. The van der Waals surface area contributed by atoms with E-state index in [1.54, 1.807) is 0 Å². The van der Waals surface area contributed by atoms with Gasteiger partial charge >= 0.3 is 0 Å². The molecule has 4 heteroatoms. The number of para-hydroxylation sites is 2. The molecule has 1 aromatic carbocycles. The lowest BCUT2D eigenvalue weighted by Gasteiger charge is -2.32. The lowest BCUT2D eigenvalue weighted by atomic mass is 9.98. The van der Waals surface area contributed by atoms with Crippen LogP contribution in [0.3, 0.4) is 0 Å². The molecule has 0 aliphatic carbocycles. The van der Waals surface area contributed by atoms with Crippen LogP contribution in [-0.2, 0) is 4.74 Å². The molecule has 1 N–H and O–H groups in total. The van der Waals surface area contributed by atoms with Gasteiger partial charge in [-0.05, 0) is 44.5 Å². The third kappa shape index (κ3) is 3.89. The molecule has 0 amide bonds. The normalized spacial score (nSPS) is 24.0. The van der Waals surface area contributed by atoms with E-state index in [1.165, 1.54) is 37.3 Å². The summed E-state index contributed by atoms with van der Waals surface area (Å²) in [6.07, 6.45) is 2.67. The van der Waals surface area contributed by atoms with Gasteiger partial charge in [0.2, 0.25) is 0 Å². The Hall–Kier alpha value is -1.26. The van der Waals surface area contributed by atoms with Crippen molar-refractivity contribution in [3.63, 3.8) is 0 Å². The summed E-state index contributed by atoms with van der Waals surface area (Å²) in [6, 6.07) is 8.68. The maximum absolute atomic E-state index is 5.46. The average Bonchev–Trinajstić information content (AvgIpc) is 2.54. The summed E-state index contributed by atoms with van der Waals surface area (Å²) in [5.74, 6) is 0.765. The minimum atomic E-state index is 0.765. The van der Waals surface area contributed by atoms with Gasteiger partial charge in [0.25, 0.3) is 0 Å². The Morgan fingerprint density at radius 2 is 2.00 bits per heavy atom. The Morgan fingerprint density at radius 1 is 1.19 bits per heavy atom. The van der Waals surface area contributed by atoms with Crippen molar-refractivity contribution in [3.05, 3.63) is 24.3 Å². The smallest absolute Gasteiger partial charge is 0.0642 e. The standard InChI is InChI=1S/C17H27N3O/c1-19-8-4-5-15(14-19)13-18-16-6-2-3-7-17(16)20-9-11-21-12-10-20/h2-3,6-7,15,18H,4-5,8-14H2,1H3. The third-order valence-corrected chi connectivity index (χ3v) is 4.56. The number of hydrogen-bond acceptors (Lipinski definition) is 4. The average molecular weight is 289 g/mol. The van der Waals surface area contributed by atoms with Crippen LogP contribution in [0, 0.1) is 5.92 Å². The lowest BCUT2D eigenvalue weighted by Crippen LogP contribution is -2.37. The molecule has 1 atom stereocenters. The molecule has 0 spiro atoms. The molecule has 0 aromatic heterocycles. The maximum Gasteiger partial charge on any atom is 0.0642 e. The van der Waals surface area contributed by atoms with E-state index >= 15 is 0 Å². The molecule has 2 aliphatic heterocycles. The molecule has 1 aromatic rings. The minimum Gasteiger partial charge on any atom is -0.383 e. The van der Waals surface area contributed by atoms with E-state index in [0.29, 0.717) is 0 Å². The first-order valence-corrected chi connectivity index (χ1v) is 8.17. The Kier molecular flexibility index (Phi) is 4.99. The van der Waals surface area contributed by atoms with Crippen LogP contribution < -0.4 is 10.2 Å². The molecule has 0 saturated carbocycles. The van der Waals surface area contributed by atoms with E-state index in [0.717, 1.165) is 38.8 Å². The number of benzene rings is 1. The highest BCUT2D eigenvalue weighted by atomic mass is 16.5. The first-order chi connectivity index (χ1) is 10.3. The van der Waals surface area contributed by atoms with E-state index in [2.05, 4.69) is 46.4 Å². The van der Waals surface area contributed by atoms with Gasteiger partial charge in [-0.3, -0.25) is 0 Å². The van der Waals surface area contributed by atoms with Gasteiger partial charge < -0.3 is 19.9 Å². The highest BCUT2D eigenvalue weighted by Gasteiger charge is 2.18. The summed E-state index contributed by atoms with van der Waals surface area (Å²) in [7, 11) is 2.23. The van der Waals surface area contributed by atoms with Gasteiger partial charge in [-0.25, -0.2) is 0 Å². The monoisotopic (exact) mass is 289 g/mol. The number of likely N-dealkylation sites (tertiary alicyclic amines) is 1. The van der Waals surface area contributed by atoms with Crippen molar-refractivity contribution >= 4 is 11.4 Å². The van der Waals surface area contributed by atoms with E-state index < -0.39 is 0 Å². The molecule has 2 heterocycles. The fraction of sp³-hybridized carbons (Fsp3) is 0.647. The molecular formula is C17H27N3O. The highest BCUT2D eigenvalue weighted by molar-refractivity contribution is 5.70. The van der Waals surface area contributed by atoms with Gasteiger partial charge in [-0.2, -0.15) is 0 Å². The second-order valence-corrected chi connectivity index (χ2v) is 6.27. The van der Waals surface area contributed by atoms with Crippen LogP contribution in [0.4, 0.5) is 11.4 Å².